The van der Waals surface area contributed by atoms with Crippen LogP contribution in [0.5, 0.6) is 5.75 Å². The lowest BCUT2D eigenvalue weighted by molar-refractivity contribution is 0.475. The van der Waals surface area contributed by atoms with E-state index in [1.54, 1.807) is 35.2 Å². The molecular weight excluding hydrogens is 276 g/mol. The fourth-order valence-corrected chi connectivity index (χ4v) is 2.41. The van der Waals surface area contributed by atoms with Crippen LogP contribution in [0.4, 0.5) is 0 Å². The predicted octanol–water partition coefficient (Wildman–Crippen LogP) is 3.16. The van der Waals surface area contributed by atoms with Crippen LogP contribution >= 0.6 is 0 Å². The molecule has 0 amide bonds. The standard InChI is InChI=1S/C17H12N4O/c22-15-3-1-12(2-4-15)14-9-19-17-16(10-20-21(17)11-14)13-5-7-18-8-6-13/h1-11,22H. The van der Waals surface area contributed by atoms with Crippen molar-refractivity contribution in [3.8, 4) is 28.0 Å². The van der Waals surface area contributed by atoms with E-state index in [9.17, 15) is 5.11 Å². The van der Waals surface area contributed by atoms with E-state index >= 15 is 0 Å². The van der Waals surface area contributed by atoms with Crippen molar-refractivity contribution in [2.24, 2.45) is 0 Å². The number of phenolic OH excluding ortho intramolecular Hbond substituents is 1. The van der Waals surface area contributed by atoms with Crippen LogP contribution in [-0.4, -0.2) is 24.7 Å². The summed E-state index contributed by atoms with van der Waals surface area (Å²) in [7, 11) is 0. The first kappa shape index (κ1) is 12.5. The molecule has 0 aliphatic rings. The predicted molar refractivity (Wildman–Crippen MR) is 83.3 cm³/mol. The number of hydrogen-bond acceptors (Lipinski definition) is 4. The molecule has 5 nitrogen and oxygen atoms in total. The minimum Gasteiger partial charge on any atom is -0.508 e. The maximum absolute atomic E-state index is 9.37. The Morgan fingerprint density at radius 2 is 1.59 bits per heavy atom. The zero-order chi connectivity index (χ0) is 14.9. The average Bonchev–Trinajstić information content (AvgIpc) is 2.99. The fraction of sp³-hybridized carbons (Fsp3) is 0. The Balaban J connectivity index is 1.82. The van der Waals surface area contributed by atoms with Crippen molar-refractivity contribution in [2.45, 2.75) is 0 Å². The van der Waals surface area contributed by atoms with E-state index in [1.807, 2.05) is 36.7 Å². The van der Waals surface area contributed by atoms with Crippen LogP contribution in [0.1, 0.15) is 0 Å². The summed E-state index contributed by atoms with van der Waals surface area (Å²) in [5.41, 5.74) is 4.73. The molecule has 3 heterocycles. The van der Waals surface area contributed by atoms with Crippen LogP contribution in [0, 0.1) is 0 Å². The molecule has 0 aliphatic carbocycles. The Morgan fingerprint density at radius 1 is 0.818 bits per heavy atom. The van der Waals surface area contributed by atoms with Gasteiger partial charge in [-0.2, -0.15) is 5.10 Å². The number of benzene rings is 1. The normalized spacial score (nSPS) is 10.9. The van der Waals surface area contributed by atoms with Crippen molar-refractivity contribution in [2.75, 3.05) is 0 Å². The molecule has 0 aliphatic heterocycles. The van der Waals surface area contributed by atoms with Crippen molar-refractivity contribution < 1.29 is 5.11 Å². The number of aromatic nitrogens is 4. The van der Waals surface area contributed by atoms with Gasteiger partial charge in [-0.05, 0) is 35.4 Å². The van der Waals surface area contributed by atoms with Gasteiger partial charge in [-0.3, -0.25) is 4.98 Å². The summed E-state index contributed by atoms with van der Waals surface area (Å²) < 4.78 is 1.76. The Kier molecular flexibility index (Phi) is 2.83. The van der Waals surface area contributed by atoms with E-state index in [0.717, 1.165) is 27.9 Å². The van der Waals surface area contributed by atoms with Gasteiger partial charge < -0.3 is 5.11 Å². The number of fused-ring (bicyclic) bond motifs is 1. The summed E-state index contributed by atoms with van der Waals surface area (Å²) in [6.45, 7) is 0. The van der Waals surface area contributed by atoms with E-state index in [1.165, 1.54) is 0 Å². The number of pyridine rings is 1. The molecule has 4 aromatic rings. The highest BCUT2D eigenvalue weighted by molar-refractivity contribution is 5.77. The Morgan fingerprint density at radius 3 is 2.36 bits per heavy atom. The van der Waals surface area contributed by atoms with Gasteiger partial charge in [0.2, 0.25) is 0 Å². The molecule has 5 heteroatoms. The average molecular weight is 288 g/mol. The first-order valence-corrected chi connectivity index (χ1v) is 6.84. The highest BCUT2D eigenvalue weighted by Gasteiger charge is 2.09. The summed E-state index contributed by atoms with van der Waals surface area (Å²) in [4.78, 5) is 8.56. The summed E-state index contributed by atoms with van der Waals surface area (Å²) in [5.74, 6) is 0.247. The molecule has 3 aromatic heterocycles. The van der Waals surface area contributed by atoms with Crippen molar-refractivity contribution >= 4 is 5.65 Å². The topological polar surface area (TPSA) is 63.3 Å². The number of phenols is 1. The fourth-order valence-electron chi connectivity index (χ4n) is 2.41. The number of aromatic hydroxyl groups is 1. The number of nitrogens with zero attached hydrogens (tertiary/aromatic N) is 4. The largest absolute Gasteiger partial charge is 0.508 e. The Hall–Kier alpha value is -3.21. The second-order valence-corrected chi connectivity index (χ2v) is 4.95. The Labute approximate surface area is 126 Å². The van der Waals surface area contributed by atoms with Crippen LogP contribution < -0.4 is 0 Å². The molecule has 0 radical (unpaired) electrons. The molecule has 0 bridgehead atoms. The van der Waals surface area contributed by atoms with E-state index in [-0.39, 0.29) is 5.75 Å². The maximum Gasteiger partial charge on any atom is 0.162 e. The maximum atomic E-state index is 9.37. The van der Waals surface area contributed by atoms with Gasteiger partial charge >= 0.3 is 0 Å². The third kappa shape index (κ3) is 2.09. The van der Waals surface area contributed by atoms with Crippen molar-refractivity contribution in [3.05, 3.63) is 67.4 Å². The highest BCUT2D eigenvalue weighted by Crippen LogP contribution is 2.25. The van der Waals surface area contributed by atoms with Gasteiger partial charge in [0.15, 0.2) is 5.65 Å². The highest BCUT2D eigenvalue weighted by atomic mass is 16.3. The lowest BCUT2D eigenvalue weighted by Gasteiger charge is -2.03. The second kappa shape index (κ2) is 4.96. The van der Waals surface area contributed by atoms with Crippen molar-refractivity contribution in [3.63, 3.8) is 0 Å². The van der Waals surface area contributed by atoms with E-state index in [4.69, 9.17) is 0 Å². The van der Waals surface area contributed by atoms with Crippen LogP contribution in [0.15, 0.2) is 67.4 Å². The number of rotatable bonds is 2. The minimum absolute atomic E-state index is 0.247. The van der Waals surface area contributed by atoms with Gasteiger partial charge in [0.25, 0.3) is 0 Å². The van der Waals surface area contributed by atoms with Crippen LogP contribution in [0.25, 0.3) is 27.9 Å². The first-order valence-electron chi connectivity index (χ1n) is 6.84. The molecule has 0 saturated heterocycles. The SMILES string of the molecule is Oc1ccc(-c2cnc3c(-c4ccncc4)cnn3c2)cc1. The van der Waals surface area contributed by atoms with Gasteiger partial charge in [0.1, 0.15) is 5.75 Å². The van der Waals surface area contributed by atoms with Gasteiger partial charge in [0, 0.05) is 35.9 Å². The zero-order valence-electron chi connectivity index (χ0n) is 11.6. The lowest BCUT2D eigenvalue weighted by Crippen LogP contribution is -1.92. The Bertz CT molecular complexity index is 930. The van der Waals surface area contributed by atoms with Gasteiger partial charge in [-0.15, -0.1) is 0 Å². The minimum atomic E-state index is 0.247. The zero-order valence-corrected chi connectivity index (χ0v) is 11.6. The third-order valence-corrected chi connectivity index (χ3v) is 3.55. The molecule has 0 saturated carbocycles. The van der Waals surface area contributed by atoms with Crippen molar-refractivity contribution in [1.29, 1.82) is 0 Å². The van der Waals surface area contributed by atoms with E-state index in [0.29, 0.717) is 0 Å². The molecule has 0 spiro atoms. The van der Waals surface area contributed by atoms with Gasteiger partial charge in [0.05, 0.1) is 6.20 Å². The van der Waals surface area contributed by atoms with Crippen molar-refractivity contribution in [1.82, 2.24) is 19.6 Å². The molecular formula is C17H12N4O. The molecule has 22 heavy (non-hydrogen) atoms. The van der Waals surface area contributed by atoms with Crippen LogP contribution in [0.2, 0.25) is 0 Å². The smallest absolute Gasteiger partial charge is 0.162 e. The van der Waals surface area contributed by atoms with E-state index in [2.05, 4.69) is 15.1 Å². The summed E-state index contributed by atoms with van der Waals surface area (Å²) in [6.07, 6.45) is 9.05. The summed E-state index contributed by atoms with van der Waals surface area (Å²) in [5, 5.41) is 13.7. The molecule has 0 fully saturated rings. The third-order valence-electron chi connectivity index (χ3n) is 3.55. The summed E-state index contributed by atoms with van der Waals surface area (Å²) >= 11 is 0. The molecule has 0 atom stereocenters. The second-order valence-electron chi connectivity index (χ2n) is 4.95. The van der Waals surface area contributed by atoms with E-state index < -0.39 is 0 Å². The molecule has 0 unspecified atom stereocenters. The molecule has 1 N–H and O–H groups in total. The first-order chi connectivity index (χ1) is 10.8. The number of hydrogen-bond donors (Lipinski definition) is 1. The van der Waals surface area contributed by atoms with Crippen LogP contribution in [0.3, 0.4) is 0 Å². The molecule has 4 rings (SSSR count). The summed E-state index contributed by atoms with van der Waals surface area (Å²) in [6, 6.07) is 10.9. The molecule has 106 valence electrons. The van der Waals surface area contributed by atoms with Crippen LogP contribution in [-0.2, 0) is 0 Å². The monoisotopic (exact) mass is 288 g/mol. The molecule has 1 aromatic carbocycles. The lowest BCUT2D eigenvalue weighted by atomic mass is 10.1. The van der Waals surface area contributed by atoms with Gasteiger partial charge in [-0.25, -0.2) is 9.50 Å². The van der Waals surface area contributed by atoms with Gasteiger partial charge in [-0.1, -0.05) is 12.1 Å². The quantitative estimate of drug-likeness (QED) is 0.615.